The Bertz CT molecular complexity index is 1360. The van der Waals surface area contributed by atoms with Gasteiger partial charge in [-0.05, 0) is 81.3 Å². The molecule has 9 heteroatoms. The molecule has 2 aromatic carbocycles. The molecular formula is C33H43N3O6. The molecule has 0 aliphatic carbocycles. The molecule has 3 heterocycles. The van der Waals surface area contributed by atoms with Crippen LogP contribution in [0.15, 0.2) is 42.5 Å². The molecule has 3 unspecified atom stereocenters. The lowest BCUT2D eigenvalue weighted by atomic mass is 9.62. The molecule has 5 rings (SSSR count). The zero-order chi connectivity index (χ0) is 30.6. The molecule has 0 aromatic heterocycles. The Morgan fingerprint density at radius 1 is 1.10 bits per heavy atom. The quantitative estimate of drug-likeness (QED) is 0.409. The van der Waals surface area contributed by atoms with Gasteiger partial charge in [-0.3, -0.25) is 14.4 Å². The minimum absolute atomic E-state index is 0.0975. The molecule has 2 bridgehead atoms. The largest absolute Gasteiger partial charge is 0.494 e. The number of benzene rings is 2. The van der Waals surface area contributed by atoms with E-state index in [1.165, 1.54) is 4.90 Å². The Balaban J connectivity index is 1.55. The van der Waals surface area contributed by atoms with Gasteiger partial charge in [0.15, 0.2) is 0 Å². The van der Waals surface area contributed by atoms with Crippen molar-refractivity contribution in [2.24, 2.45) is 23.7 Å². The first-order chi connectivity index (χ1) is 19.9. The van der Waals surface area contributed by atoms with Crippen molar-refractivity contribution >= 4 is 29.1 Å². The lowest BCUT2D eigenvalue weighted by molar-refractivity contribution is -0.149. The molecule has 0 radical (unpaired) electrons. The number of aryl methyl sites for hydroxylation is 2. The van der Waals surface area contributed by atoms with Gasteiger partial charge in [-0.25, -0.2) is 0 Å². The number of likely N-dealkylation sites (tertiary alicyclic amines) is 1. The number of nitrogens with zero attached hydrogens (tertiary/aromatic N) is 1. The second kappa shape index (κ2) is 11.0. The fraction of sp³-hybridized carbons (Fsp3) is 0.545. The average Bonchev–Trinajstić information content (AvgIpc) is 3.44. The van der Waals surface area contributed by atoms with Crippen molar-refractivity contribution in [1.82, 2.24) is 4.90 Å². The van der Waals surface area contributed by atoms with Crippen LogP contribution in [0.3, 0.4) is 0 Å². The number of carbonyl (C=O) groups excluding carboxylic acids is 3. The molecule has 42 heavy (non-hydrogen) atoms. The molecule has 1 spiro atoms. The number of para-hydroxylation sites is 1. The predicted octanol–water partition coefficient (Wildman–Crippen LogP) is 4.31. The van der Waals surface area contributed by atoms with Gasteiger partial charge in [-0.15, -0.1) is 0 Å². The zero-order valence-electron chi connectivity index (χ0n) is 25.6. The summed E-state index contributed by atoms with van der Waals surface area (Å²) in [6, 6.07) is 11.2. The van der Waals surface area contributed by atoms with Gasteiger partial charge >= 0.3 is 0 Å². The van der Waals surface area contributed by atoms with Crippen LogP contribution in [0.4, 0.5) is 11.4 Å². The van der Waals surface area contributed by atoms with Crippen molar-refractivity contribution < 1.29 is 29.0 Å². The van der Waals surface area contributed by atoms with Crippen molar-refractivity contribution in [3.8, 4) is 5.75 Å². The second-order valence-electron chi connectivity index (χ2n) is 12.6. The number of fused-ring (bicyclic) bond motifs is 1. The molecule has 226 valence electrons. The Morgan fingerprint density at radius 2 is 1.74 bits per heavy atom. The molecule has 0 saturated carbocycles. The maximum Gasteiger partial charge on any atom is 0.250 e. The Morgan fingerprint density at radius 3 is 2.31 bits per heavy atom. The van der Waals surface area contributed by atoms with Crippen LogP contribution in [-0.2, 0) is 19.1 Å². The molecule has 3 saturated heterocycles. The highest BCUT2D eigenvalue weighted by Gasteiger charge is 2.80. The van der Waals surface area contributed by atoms with Gasteiger partial charge in [0.1, 0.15) is 17.4 Å². The van der Waals surface area contributed by atoms with Crippen molar-refractivity contribution in [3.05, 3.63) is 53.6 Å². The number of hydrogen-bond acceptors (Lipinski definition) is 6. The predicted molar refractivity (Wildman–Crippen MR) is 160 cm³/mol. The monoisotopic (exact) mass is 577 g/mol. The number of rotatable bonds is 9. The van der Waals surface area contributed by atoms with E-state index < -0.39 is 35.1 Å². The molecule has 9 nitrogen and oxygen atoms in total. The summed E-state index contributed by atoms with van der Waals surface area (Å²) in [6.45, 7) is 13.7. The third-order valence-electron chi connectivity index (χ3n) is 9.76. The van der Waals surface area contributed by atoms with Crippen molar-refractivity contribution in [1.29, 1.82) is 0 Å². The molecule has 3 aliphatic rings. The summed E-state index contributed by atoms with van der Waals surface area (Å²) >= 11 is 0. The fourth-order valence-electron chi connectivity index (χ4n) is 7.58. The molecule has 3 fully saturated rings. The van der Waals surface area contributed by atoms with Gasteiger partial charge in [-0.2, -0.15) is 0 Å². The molecule has 2 aromatic rings. The number of carbonyl (C=O) groups is 3. The van der Waals surface area contributed by atoms with Crippen LogP contribution >= 0.6 is 0 Å². The van der Waals surface area contributed by atoms with Crippen LogP contribution in [0, 0.1) is 37.5 Å². The number of hydrogen-bond donors (Lipinski definition) is 3. The van der Waals surface area contributed by atoms with Gasteiger partial charge in [0.25, 0.3) is 0 Å². The lowest BCUT2D eigenvalue weighted by Gasteiger charge is -2.38. The van der Waals surface area contributed by atoms with Crippen LogP contribution in [0.25, 0.3) is 0 Å². The van der Waals surface area contributed by atoms with E-state index in [9.17, 15) is 19.5 Å². The molecule has 3 amide bonds. The molecule has 3 aliphatic heterocycles. The minimum Gasteiger partial charge on any atom is -0.494 e. The van der Waals surface area contributed by atoms with E-state index in [4.69, 9.17) is 9.47 Å². The van der Waals surface area contributed by atoms with Crippen LogP contribution in [-0.4, -0.2) is 64.2 Å². The van der Waals surface area contributed by atoms with Crippen molar-refractivity contribution in [2.75, 3.05) is 23.8 Å². The van der Waals surface area contributed by atoms with E-state index >= 15 is 0 Å². The summed E-state index contributed by atoms with van der Waals surface area (Å²) in [5.74, 6) is -2.25. The van der Waals surface area contributed by atoms with E-state index in [0.29, 0.717) is 30.2 Å². The van der Waals surface area contributed by atoms with E-state index in [0.717, 1.165) is 11.1 Å². The standard InChI is InChI=1S/C33H43N3O6/c1-8-41-23-14-12-22(13-15-23)34-29(38)25-26-31(40)36(24(17-37)18(2)3)28(33(26)16-21(6)32(25,7)42-33)30(39)35-27-19(4)10-9-11-20(27)5/h9-15,18,21,24-26,28,37H,8,16-17H2,1-7H3,(H,34,38)(H,35,39)/t21?,24-,25-,26-,28?,32+,33?/m0/s1. The summed E-state index contributed by atoms with van der Waals surface area (Å²) in [5, 5.41) is 16.6. The first-order valence-electron chi connectivity index (χ1n) is 14.9. The van der Waals surface area contributed by atoms with Gasteiger partial charge in [-0.1, -0.05) is 39.0 Å². The first-order valence-corrected chi connectivity index (χ1v) is 14.9. The molecular weight excluding hydrogens is 534 g/mol. The topological polar surface area (TPSA) is 117 Å². The van der Waals surface area contributed by atoms with Crippen molar-refractivity contribution in [3.63, 3.8) is 0 Å². The van der Waals surface area contributed by atoms with Crippen molar-refractivity contribution in [2.45, 2.75) is 78.2 Å². The number of amides is 3. The summed E-state index contributed by atoms with van der Waals surface area (Å²) in [4.78, 5) is 44.4. The Kier molecular flexibility index (Phi) is 7.87. The third kappa shape index (κ3) is 4.57. The maximum absolute atomic E-state index is 14.5. The highest BCUT2D eigenvalue weighted by molar-refractivity contribution is 6.06. The lowest BCUT2D eigenvalue weighted by Crippen LogP contribution is -2.57. The van der Waals surface area contributed by atoms with E-state index in [2.05, 4.69) is 10.6 Å². The fourth-order valence-corrected chi connectivity index (χ4v) is 7.58. The van der Waals surface area contributed by atoms with Gasteiger partial charge < -0.3 is 30.1 Å². The number of anilines is 2. The number of nitrogens with one attached hydrogen (secondary N) is 2. The third-order valence-corrected chi connectivity index (χ3v) is 9.76. The number of aliphatic hydroxyl groups is 1. The molecule has 3 N–H and O–H groups in total. The summed E-state index contributed by atoms with van der Waals surface area (Å²) in [7, 11) is 0. The normalized spacial score (nSPS) is 30.4. The first kappa shape index (κ1) is 30.0. The second-order valence-corrected chi connectivity index (χ2v) is 12.6. The zero-order valence-corrected chi connectivity index (χ0v) is 25.6. The average molecular weight is 578 g/mol. The summed E-state index contributed by atoms with van der Waals surface area (Å²) in [5.41, 5.74) is 0.913. The van der Waals surface area contributed by atoms with Gasteiger partial charge in [0, 0.05) is 11.4 Å². The number of ether oxygens (including phenoxy) is 2. The SMILES string of the molecule is CCOc1ccc(NC(=O)[C@@H]2[C@H]3C(=O)N([C@@H](CO)C(C)C)C(C(=O)Nc4c(C)cccc4C)C34CC(C)[C@@]2(C)O4)cc1. The van der Waals surface area contributed by atoms with Gasteiger partial charge in [0.05, 0.1) is 36.7 Å². The number of aliphatic hydroxyl groups excluding tert-OH is 1. The highest BCUT2D eigenvalue weighted by atomic mass is 16.5. The minimum atomic E-state index is -1.21. The van der Waals surface area contributed by atoms with Crippen LogP contribution in [0.5, 0.6) is 5.75 Å². The highest BCUT2D eigenvalue weighted by Crippen LogP contribution is 2.65. The van der Waals surface area contributed by atoms with Crippen LogP contribution in [0.1, 0.15) is 52.2 Å². The smallest absolute Gasteiger partial charge is 0.250 e. The van der Waals surface area contributed by atoms with Gasteiger partial charge in [0.2, 0.25) is 17.7 Å². The summed E-state index contributed by atoms with van der Waals surface area (Å²) < 4.78 is 12.3. The van der Waals surface area contributed by atoms with E-state index in [1.54, 1.807) is 24.3 Å². The Hall–Kier alpha value is -3.43. The Labute approximate surface area is 248 Å². The summed E-state index contributed by atoms with van der Waals surface area (Å²) in [6.07, 6.45) is 0.449. The van der Waals surface area contributed by atoms with Crippen LogP contribution in [0.2, 0.25) is 0 Å². The molecule has 7 atom stereocenters. The van der Waals surface area contributed by atoms with Crippen LogP contribution < -0.4 is 15.4 Å². The van der Waals surface area contributed by atoms with E-state index in [1.807, 2.05) is 66.7 Å². The van der Waals surface area contributed by atoms with E-state index in [-0.39, 0.29) is 36.2 Å². The maximum atomic E-state index is 14.5.